The molecule has 1 unspecified atom stereocenters. The van der Waals surface area contributed by atoms with Crippen molar-refractivity contribution in [3.05, 3.63) is 11.9 Å². The van der Waals surface area contributed by atoms with Gasteiger partial charge in [-0.1, -0.05) is 26.0 Å². The normalized spacial score (nSPS) is 15.2. The van der Waals surface area contributed by atoms with Gasteiger partial charge < -0.3 is 10.1 Å². The first-order valence-electron chi connectivity index (χ1n) is 9.39. The highest BCUT2D eigenvalue weighted by molar-refractivity contribution is 4.95. The van der Waals surface area contributed by atoms with E-state index in [0.717, 1.165) is 38.0 Å². The van der Waals surface area contributed by atoms with E-state index >= 15 is 0 Å². The lowest BCUT2D eigenvalue weighted by molar-refractivity contribution is -0.0471. The van der Waals surface area contributed by atoms with Crippen molar-refractivity contribution in [1.29, 1.82) is 0 Å². The molecule has 0 aromatic carbocycles. The molecule has 1 heterocycles. The second-order valence-electron chi connectivity index (χ2n) is 8.37. The minimum atomic E-state index is -0.102. The number of aryl methyl sites for hydroxylation is 1. The van der Waals surface area contributed by atoms with Crippen molar-refractivity contribution in [2.45, 2.75) is 104 Å². The first kappa shape index (κ1) is 21.1. The summed E-state index contributed by atoms with van der Waals surface area (Å²) in [6, 6.07) is 0.844. The lowest BCUT2D eigenvalue weighted by Gasteiger charge is -2.33. The zero-order chi connectivity index (χ0) is 18.4. The minimum Gasteiger partial charge on any atom is -0.375 e. The van der Waals surface area contributed by atoms with E-state index in [4.69, 9.17) is 4.74 Å². The second kappa shape index (κ2) is 8.95. The monoisotopic (exact) mass is 338 g/mol. The Kier molecular flexibility index (Phi) is 7.87. The molecule has 0 amide bonds. The van der Waals surface area contributed by atoms with Crippen LogP contribution in [-0.4, -0.2) is 38.8 Å². The van der Waals surface area contributed by atoms with Crippen LogP contribution in [0.5, 0.6) is 0 Å². The molecule has 0 bridgehead atoms. The third kappa shape index (κ3) is 7.31. The molecule has 0 aliphatic carbocycles. The fourth-order valence-electron chi connectivity index (χ4n) is 2.83. The Labute approximate surface area is 148 Å². The highest BCUT2D eigenvalue weighted by Crippen LogP contribution is 2.23. The molecule has 1 atom stereocenters. The zero-order valence-corrected chi connectivity index (χ0v) is 17.0. The molecular weight excluding hydrogens is 300 g/mol. The summed E-state index contributed by atoms with van der Waals surface area (Å²) in [5.74, 6) is 0. The average molecular weight is 339 g/mol. The fraction of sp³-hybridized carbons (Fsp3) is 0.895. The van der Waals surface area contributed by atoms with E-state index in [1.807, 2.05) is 4.68 Å². The van der Waals surface area contributed by atoms with Crippen LogP contribution in [-0.2, 0) is 11.2 Å². The first-order chi connectivity index (χ1) is 11.1. The Morgan fingerprint density at radius 1 is 1.17 bits per heavy atom. The third-order valence-electron chi connectivity index (χ3n) is 4.60. The summed E-state index contributed by atoms with van der Waals surface area (Å²) in [5, 5.41) is 12.0. The number of hydrogen-bond acceptors (Lipinski definition) is 4. The van der Waals surface area contributed by atoms with Crippen molar-refractivity contribution in [3.8, 4) is 0 Å². The molecule has 5 heteroatoms. The SMILES string of the molecule is CCC(C)(CCc1cn(C(C)C)nn1)OCCC(C)(C)NC(C)C. The van der Waals surface area contributed by atoms with Crippen molar-refractivity contribution >= 4 is 0 Å². The van der Waals surface area contributed by atoms with Gasteiger partial charge in [0.1, 0.15) is 0 Å². The van der Waals surface area contributed by atoms with Gasteiger partial charge >= 0.3 is 0 Å². The number of aromatic nitrogens is 3. The summed E-state index contributed by atoms with van der Waals surface area (Å²) in [6.45, 7) is 18.3. The molecule has 24 heavy (non-hydrogen) atoms. The molecule has 1 aromatic heterocycles. The van der Waals surface area contributed by atoms with Crippen molar-refractivity contribution in [2.75, 3.05) is 6.61 Å². The molecular formula is C19H38N4O. The summed E-state index contributed by atoms with van der Waals surface area (Å²) in [6.07, 6.45) is 5.94. The summed E-state index contributed by atoms with van der Waals surface area (Å²) in [7, 11) is 0. The maximum Gasteiger partial charge on any atom is 0.0828 e. The molecule has 1 aromatic rings. The van der Waals surface area contributed by atoms with E-state index in [1.165, 1.54) is 0 Å². The molecule has 0 aliphatic heterocycles. The topological polar surface area (TPSA) is 52.0 Å². The van der Waals surface area contributed by atoms with E-state index in [1.54, 1.807) is 0 Å². The van der Waals surface area contributed by atoms with Crippen molar-refractivity contribution in [2.24, 2.45) is 0 Å². The lowest BCUT2D eigenvalue weighted by atomic mass is 9.95. The fourth-order valence-corrected chi connectivity index (χ4v) is 2.83. The van der Waals surface area contributed by atoms with E-state index in [2.05, 4.69) is 77.2 Å². The molecule has 5 nitrogen and oxygen atoms in total. The summed E-state index contributed by atoms with van der Waals surface area (Å²) >= 11 is 0. The van der Waals surface area contributed by atoms with Crippen LogP contribution >= 0.6 is 0 Å². The van der Waals surface area contributed by atoms with Gasteiger partial charge in [-0.25, -0.2) is 4.68 Å². The van der Waals surface area contributed by atoms with Crippen LogP contribution in [0.2, 0.25) is 0 Å². The van der Waals surface area contributed by atoms with Crippen LogP contribution in [0.15, 0.2) is 6.20 Å². The number of ether oxygens (including phenoxy) is 1. The van der Waals surface area contributed by atoms with Crippen molar-refractivity contribution in [1.82, 2.24) is 20.3 Å². The summed E-state index contributed by atoms with van der Waals surface area (Å²) < 4.78 is 8.19. The van der Waals surface area contributed by atoms with Crippen LogP contribution in [0.4, 0.5) is 0 Å². The van der Waals surface area contributed by atoms with Gasteiger partial charge in [-0.3, -0.25) is 0 Å². The molecule has 1 rings (SSSR count). The maximum absolute atomic E-state index is 6.28. The quantitative estimate of drug-likeness (QED) is 0.659. The number of nitrogens with one attached hydrogen (secondary N) is 1. The summed E-state index contributed by atoms with van der Waals surface area (Å²) in [5.41, 5.74) is 1.05. The van der Waals surface area contributed by atoms with Gasteiger partial charge in [0.25, 0.3) is 0 Å². The van der Waals surface area contributed by atoms with E-state index in [9.17, 15) is 0 Å². The van der Waals surface area contributed by atoms with Crippen LogP contribution in [0.3, 0.4) is 0 Å². The molecule has 0 radical (unpaired) electrons. The molecule has 140 valence electrons. The van der Waals surface area contributed by atoms with E-state index in [-0.39, 0.29) is 11.1 Å². The highest BCUT2D eigenvalue weighted by Gasteiger charge is 2.25. The zero-order valence-electron chi connectivity index (χ0n) is 17.0. The van der Waals surface area contributed by atoms with Crippen LogP contribution < -0.4 is 5.32 Å². The maximum atomic E-state index is 6.28. The van der Waals surface area contributed by atoms with Gasteiger partial charge in [0.2, 0.25) is 0 Å². The Morgan fingerprint density at radius 2 is 1.83 bits per heavy atom. The van der Waals surface area contributed by atoms with Crippen LogP contribution in [0, 0.1) is 0 Å². The molecule has 0 spiro atoms. The van der Waals surface area contributed by atoms with Gasteiger partial charge in [-0.05, 0) is 60.3 Å². The number of rotatable bonds is 11. The third-order valence-corrected chi connectivity index (χ3v) is 4.60. The predicted octanol–water partition coefficient (Wildman–Crippen LogP) is 4.14. The Hall–Kier alpha value is -0.940. The molecule has 0 aliphatic rings. The number of nitrogens with zero attached hydrogens (tertiary/aromatic N) is 3. The predicted molar refractivity (Wildman–Crippen MR) is 100 cm³/mol. The van der Waals surface area contributed by atoms with Crippen molar-refractivity contribution in [3.63, 3.8) is 0 Å². The van der Waals surface area contributed by atoms with E-state index in [0.29, 0.717) is 12.1 Å². The van der Waals surface area contributed by atoms with Gasteiger partial charge in [0, 0.05) is 30.4 Å². The second-order valence-corrected chi connectivity index (χ2v) is 8.37. The Bertz CT molecular complexity index is 481. The Morgan fingerprint density at radius 3 is 2.33 bits per heavy atom. The standard InChI is InChI=1S/C19H38N4O/c1-9-19(8,24-13-12-18(6,7)20-15(2)3)11-10-17-14-23(16(4)5)22-21-17/h14-16,20H,9-13H2,1-8H3. The largest absolute Gasteiger partial charge is 0.375 e. The first-order valence-corrected chi connectivity index (χ1v) is 9.39. The van der Waals surface area contributed by atoms with Crippen LogP contribution in [0.1, 0.15) is 86.4 Å². The summed E-state index contributed by atoms with van der Waals surface area (Å²) in [4.78, 5) is 0. The van der Waals surface area contributed by atoms with Gasteiger partial charge in [0.15, 0.2) is 0 Å². The van der Waals surface area contributed by atoms with Gasteiger partial charge in [-0.2, -0.15) is 0 Å². The minimum absolute atomic E-state index is 0.1000. The lowest BCUT2D eigenvalue weighted by Crippen LogP contribution is -2.45. The van der Waals surface area contributed by atoms with Crippen molar-refractivity contribution < 1.29 is 4.74 Å². The highest BCUT2D eigenvalue weighted by atomic mass is 16.5. The molecule has 0 fully saturated rings. The van der Waals surface area contributed by atoms with Crippen LogP contribution in [0.25, 0.3) is 0 Å². The van der Waals surface area contributed by atoms with Gasteiger partial charge in [-0.15, -0.1) is 5.10 Å². The molecule has 0 saturated carbocycles. The number of hydrogen-bond donors (Lipinski definition) is 1. The Balaban J connectivity index is 2.47. The molecule has 1 N–H and O–H groups in total. The van der Waals surface area contributed by atoms with Gasteiger partial charge in [0.05, 0.1) is 11.3 Å². The average Bonchev–Trinajstić information content (AvgIpc) is 2.92. The molecule has 0 saturated heterocycles. The van der Waals surface area contributed by atoms with E-state index < -0.39 is 0 Å². The smallest absolute Gasteiger partial charge is 0.0828 e.